The SMILES string of the molecule is C[C@@H]1C(OCc2ccccc2)[C@H](OCc2ccccc2)OC(CO)[C@@H]1C. The van der Waals surface area contributed by atoms with Gasteiger partial charge in [-0.2, -0.15) is 0 Å². The molecule has 2 aromatic rings. The van der Waals surface area contributed by atoms with Gasteiger partial charge in [0.05, 0.1) is 25.9 Å². The van der Waals surface area contributed by atoms with Crippen LogP contribution in [0.15, 0.2) is 60.7 Å². The minimum absolute atomic E-state index is 0.0118. The van der Waals surface area contributed by atoms with Gasteiger partial charge in [-0.25, -0.2) is 0 Å². The Morgan fingerprint density at radius 2 is 1.35 bits per heavy atom. The molecular weight excluding hydrogens is 328 g/mol. The van der Waals surface area contributed by atoms with E-state index in [1.165, 1.54) is 0 Å². The van der Waals surface area contributed by atoms with E-state index in [-0.39, 0.29) is 30.7 Å². The summed E-state index contributed by atoms with van der Waals surface area (Å²) in [5.74, 6) is 0.405. The Bertz CT molecular complexity index is 646. The Morgan fingerprint density at radius 3 is 1.88 bits per heavy atom. The van der Waals surface area contributed by atoms with Crippen molar-refractivity contribution >= 4 is 0 Å². The zero-order valence-corrected chi connectivity index (χ0v) is 15.5. The van der Waals surface area contributed by atoms with E-state index < -0.39 is 6.29 Å². The van der Waals surface area contributed by atoms with Gasteiger partial charge in [-0.15, -0.1) is 0 Å². The maximum absolute atomic E-state index is 9.66. The lowest BCUT2D eigenvalue weighted by molar-refractivity contribution is -0.290. The number of hydrogen-bond donors (Lipinski definition) is 1. The third-order valence-corrected chi connectivity index (χ3v) is 5.23. The fourth-order valence-corrected chi connectivity index (χ4v) is 3.35. The molecule has 1 fully saturated rings. The van der Waals surface area contributed by atoms with Crippen molar-refractivity contribution in [2.45, 2.75) is 45.6 Å². The van der Waals surface area contributed by atoms with Crippen molar-refractivity contribution in [3.63, 3.8) is 0 Å². The summed E-state index contributed by atoms with van der Waals surface area (Å²) in [5, 5.41) is 9.66. The summed E-state index contributed by atoms with van der Waals surface area (Å²) in [6, 6.07) is 20.1. The average molecular weight is 356 g/mol. The molecule has 140 valence electrons. The van der Waals surface area contributed by atoms with E-state index in [9.17, 15) is 5.11 Å². The van der Waals surface area contributed by atoms with Crippen LogP contribution in [0.3, 0.4) is 0 Å². The third-order valence-electron chi connectivity index (χ3n) is 5.23. The van der Waals surface area contributed by atoms with Crippen LogP contribution in [-0.2, 0) is 27.4 Å². The van der Waals surface area contributed by atoms with Gasteiger partial charge in [0.15, 0.2) is 6.29 Å². The molecule has 0 spiro atoms. The van der Waals surface area contributed by atoms with Crippen LogP contribution in [0, 0.1) is 11.8 Å². The van der Waals surface area contributed by atoms with Crippen LogP contribution in [0.5, 0.6) is 0 Å². The summed E-state index contributed by atoms with van der Waals surface area (Å²) in [4.78, 5) is 0. The molecule has 1 heterocycles. The first-order valence-electron chi connectivity index (χ1n) is 9.26. The van der Waals surface area contributed by atoms with E-state index in [4.69, 9.17) is 14.2 Å². The van der Waals surface area contributed by atoms with Gasteiger partial charge in [0.25, 0.3) is 0 Å². The second-order valence-corrected chi connectivity index (χ2v) is 7.00. The smallest absolute Gasteiger partial charge is 0.184 e. The summed E-state index contributed by atoms with van der Waals surface area (Å²) < 4.78 is 18.3. The number of benzene rings is 2. The molecule has 4 nitrogen and oxygen atoms in total. The molecule has 0 bridgehead atoms. The highest BCUT2D eigenvalue weighted by Gasteiger charge is 2.42. The van der Waals surface area contributed by atoms with Crippen LogP contribution in [-0.4, -0.2) is 30.2 Å². The molecular formula is C22H28O4. The minimum Gasteiger partial charge on any atom is -0.394 e. The van der Waals surface area contributed by atoms with Gasteiger partial charge in [-0.1, -0.05) is 74.5 Å². The standard InChI is InChI=1S/C22H28O4/c1-16-17(2)21(24-14-18-9-5-3-6-10-18)22(26-20(16)13-23)25-15-19-11-7-4-8-12-19/h3-12,16-17,20-23H,13-15H2,1-2H3/t16-,17+,20?,21?,22-/m1/s1. The first kappa shape index (κ1) is 19.1. The zero-order chi connectivity index (χ0) is 18.4. The molecule has 3 rings (SSSR count). The molecule has 0 aliphatic carbocycles. The molecule has 26 heavy (non-hydrogen) atoms. The van der Waals surface area contributed by atoms with Crippen molar-refractivity contribution in [3.05, 3.63) is 71.8 Å². The van der Waals surface area contributed by atoms with Crippen molar-refractivity contribution in [2.75, 3.05) is 6.61 Å². The molecule has 5 atom stereocenters. The van der Waals surface area contributed by atoms with Crippen LogP contribution in [0.25, 0.3) is 0 Å². The van der Waals surface area contributed by atoms with Crippen LogP contribution in [0.2, 0.25) is 0 Å². The van der Waals surface area contributed by atoms with E-state index in [1.54, 1.807) is 0 Å². The van der Waals surface area contributed by atoms with E-state index in [0.717, 1.165) is 11.1 Å². The van der Waals surface area contributed by atoms with Gasteiger partial charge in [-0.05, 0) is 23.0 Å². The van der Waals surface area contributed by atoms with Crippen molar-refractivity contribution in [2.24, 2.45) is 11.8 Å². The zero-order valence-electron chi connectivity index (χ0n) is 15.5. The number of rotatable bonds is 7. The van der Waals surface area contributed by atoms with E-state index >= 15 is 0 Å². The Labute approximate surface area is 155 Å². The minimum atomic E-state index is -0.498. The maximum atomic E-state index is 9.66. The number of ether oxygens (including phenoxy) is 3. The molecule has 0 aromatic heterocycles. The van der Waals surface area contributed by atoms with Crippen LogP contribution < -0.4 is 0 Å². The van der Waals surface area contributed by atoms with Gasteiger partial charge in [0.2, 0.25) is 0 Å². The average Bonchev–Trinajstić information content (AvgIpc) is 2.69. The lowest BCUT2D eigenvalue weighted by Crippen LogP contribution is -2.52. The number of hydrogen-bond acceptors (Lipinski definition) is 4. The molecule has 2 unspecified atom stereocenters. The molecule has 0 radical (unpaired) electrons. The van der Waals surface area contributed by atoms with E-state index in [0.29, 0.717) is 13.2 Å². The fraction of sp³-hybridized carbons (Fsp3) is 0.455. The van der Waals surface area contributed by atoms with Gasteiger partial charge in [0.1, 0.15) is 6.10 Å². The fourth-order valence-electron chi connectivity index (χ4n) is 3.35. The molecule has 0 amide bonds. The van der Waals surface area contributed by atoms with E-state index in [2.05, 4.69) is 13.8 Å². The first-order chi connectivity index (χ1) is 12.7. The Kier molecular flexibility index (Phi) is 6.80. The number of aliphatic hydroxyl groups is 1. The topological polar surface area (TPSA) is 47.9 Å². The monoisotopic (exact) mass is 356 g/mol. The van der Waals surface area contributed by atoms with Crippen LogP contribution in [0.1, 0.15) is 25.0 Å². The molecule has 0 saturated carbocycles. The maximum Gasteiger partial charge on any atom is 0.184 e. The molecule has 1 saturated heterocycles. The summed E-state index contributed by atoms with van der Waals surface area (Å²) in [6.45, 7) is 5.20. The summed E-state index contributed by atoms with van der Waals surface area (Å²) in [6.07, 6.45) is -0.915. The second kappa shape index (κ2) is 9.28. The highest BCUT2D eigenvalue weighted by atomic mass is 16.7. The van der Waals surface area contributed by atoms with Crippen LogP contribution in [0.4, 0.5) is 0 Å². The first-order valence-corrected chi connectivity index (χ1v) is 9.26. The Morgan fingerprint density at radius 1 is 0.808 bits per heavy atom. The molecule has 4 heteroatoms. The normalized spacial score (nSPS) is 28.8. The second-order valence-electron chi connectivity index (χ2n) is 7.00. The number of aliphatic hydroxyl groups excluding tert-OH is 1. The van der Waals surface area contributed by atoms with Gasteiger partial charge < -0.3 is 19.3 Å². The summed E-state index contributed by atoms with van der Waals surface area (Å²) >= 11 is 0. The largest absolute Gasteiger partial charge is 0.394 e. The molecule has 1 aliphatic rings. The lowest BCUT2D eigenvalue weighted by Gasteiger charge is -2.43. The quantitative estimate of drug-likeness (QED) is 0.820. The lowest BCUT2D eigenvalue weighted by atomic mass is 9.83. The third kappa shape index (κ3) is 4.71. The van der Waals surface area contributed by atoms with E-state index in [1.807, 2.05) is 60.7 Å². The highest BCUT2D eigenvalue weighted by Crippen LogP contribution is 2.34. The summed E-state index contributed by atoms with van der Waals surface area (Å²) in [5.41, 5.74) is 2.21. The predicted molar refractivity (Wildman–Crippen MR) is 100 cm³/mol. The predicted octanol–water partition coefficient (Wildman–Crippen LogP) is 3.78. The van der Waals surface area contributed by atoms with Crippen LogP contribution >= 0.6 is 0 Å². The molecule has 1 N–H and O–H groups in total. The van der Waals surface area contributed by atoms with Gasteiger partial charge in [-0.3, -0.25) is 0 Å². The summed E-state index contributed by atoms with van der Waals surface area (Å²) in [7, 11) is 0. The van der Waals surface area contributed by atoms with Crippen molar-refractivity contribution in [1.82, 2.24) is 0 Å². The molecule has 1 aliphatic heterocycles. The van der Waals surface area contributed by atoms with Gasteiger partial charge >= 0.3 is 0 Å². The van der Waals surface area contributed by atoms with Crippen molar-refractivity contribution in [1.29, 1.82) is 0 Å². The Balaban J connectivity index is 1.68. The highest BCUT2D eigenvalue weighted by molar-refractivity contribution is 5.14. The Hall–Kier alpha value is -1.72. The molecule has 2 aromatic carbocycles. The van der Waals surface area contributed by atoms with Gasteiger partial charge in [0, 0.05) is 0 Å². The van der Waals surface area contributed by atoms with Crippen molar-refractivity contribution < 1.29 is 19.3 Å². The van der Waals surface area contributed by atoms with Crippen molar-refractivity contribution in [3.8, 4) is 0 Å².